The number of rotatable bonds is 2. The molecule has 2 aromatic heterocycles. The zero-order chi connectivity index (χ0) is 12.5. The summed E-state index contributed by atoms with van der Waals surface area (Å²) in [5.41, 5.74) is 4.29. The van der Waals surface area contributed by atoms with Crippen molar-refractivity contribution in [1.29, 1.82) is 0 Å². The summed E-state index contributed by atoms with van der Waals surface area (Å²) in [6.07, 6.45) is 1.43. The average molecular weight is 260 g/mol. The number of aromatic nitrogens is 3. The Kier molecular flexibility index (Phi) is 2.72. The van der Waals surface area contributed by atoms with Crippen LogP contribution in [0.15, 0.2) is 35.1 Å². The summed E-state index contributed by atoms with van der Waals surface area (Å²) < 4.78 is 5.29. The maximum absolute atomic E-state index is 5.78. The first-order valence-electron chi connectivity index (χ1n) is 5.50. The van der Waals surface area contributed by atoms with E-state index in [1.54, 1.807) is 0 Å². The SMILES string of the molecule is Cc1cc(-c2ccc3ncoc3c2)nc(CCl)n1. The van der Waals surface area contributed by atoms with E-state index in [9.17, 15) is 0 Å². The lowest BCUT2D eigenvalue weighted by molar-refractivity contribution is 0.602. The van der Waals surface area contributed by atoms with Crippen LogP contribution in [0.1, 0.15) is 11.5 Å². The summed E-state index contributed by atoms with van der Waals surface area (Å²) in [5.74, 6) is 0.934. The molecule has 18 heavy (non-hydrogen) atoms. The van der Waals surface area contributed by atoms with Crippen LogP contribution in [-0.4, -0.2) is 15.0 Å². The van der Waals surface area contributed by atoms with Crippen molar-refractivity contribution >= 4 is 22.7 Å². The Balaban J connectivity index is 2.15. The molecule has 0 aliphatic heterocycles. The van der Waals surface area contributed by atoms with Gasteiger partial charge in [0.25, 0.3) is 0 Å². The highest BCUT2D eigenvalue weighted by Gasteiger charge is 2.06. The molecule has 0 N–H and O–H groups in total. The summed E-state index contributed by atoms with van der Waals surface area (Å²) in [7, 11) is 0. The minimum absolute atomic E-state index is 0.305. The first kappa shape index (κ1) is 11.2. The van der Waals surface area contributed by atoms with E-state index in [2.05, 4.69) is 15.0 Å². The van der Waals surface area contributed by atoms with Gasteiger partial charge in [0.2, 0.25) is 0 Å². The van der Waals surface area contributed by atoms with Gasteiger partial charge in [-0.25, -0.2) is 15.0 Å². The van der Waals surface area contributed by atoms with Crippen molar-refractivity contribution in [3.63, 3.8) is 0 Å². The number of fused-ring (bicyclic) bond motifs is 1. The summed E-state index contributed by atoms with van der Waals surface area (Å²) in [4.78, 5) is 12.7. The second-order valence-electron chi connectivity index (χ2n) is 3.98. The van der Waals surface area contributed by atoms with Crippen LogP contribution in [0.2, 0.25) is 0 Å². The first-order chi connectivity index (χ1) is 8.76. The highest BCUT2D eigenvalue weighted by atomic mass is 35.5. The molecule has 0 atom stereocenters. The van der Waals surface area contributed by atoms with Gasteiger partial charge < -0.3 is 4.42 Å². The van der Waals surface area contributed by atoms with Crippen molar-refractivity contribution < 1.29 is 4.42 Å². The lowest BCUT2D eigenvalue weighted by Crippen LogP contribution is -1.96. The summed E-state index contributed by atoms with van der Waals surface area (Å²) in [5, 5.41) is 0. The van der Waals surface area contributed by atoms with E-state index < -0.39 is 0 Å². The zero-order valence-corrected chi connectivity index (χ0v) is 10.5. The molecule has 0 saturated carbocycles. The Morgan fingerprint density at radius 1 is 1.22 bits per heavy atom. The minimum atomic E-state index is 0.305. The second-order valence-corrected chi connectivity index (χ2v) is 4.25. The maximum atomic E-state index is 5.78. The van der Waals surface area contributed by atoms with E-state index in [1.807, 2.05) is 31.2 Å². The molecule has 0 unspecified atom stereocenters. The van der Waals surface area contributed by atoms with Crippen molar-refractivity contribution in [3.8, 4) is 11.3 Å². The molecule has 0 fully saturated rings. The molecule has 0 aliphatic rings. The number of alkyl halides is 1. The van der Waals surface area contributed by atoms with Crippen molar-refractivity contribution in [2.45, 2.75) is 12.8 Å². The highest BCUT2D eigenvalue weighted by Crippen LogP contribution is 2.23. The quantitative estimate of drug-likeness (QED) is 0.663. The Hall–Kier alpha value is -1.94. The number of aryl methyl sites for hydroxylation is 1. The number of hydrogen-bond donors (Lipinski definition) is 0. The summed E-state index contributed by atoms with van der Waals surface area (Å²) in [6, 6.07) is 7.71. The Bertz CT molecular complexity index is 708. The van der Waals surface area contributed by atoms with E-state index in [0.717, 1.165) is 28.1 Å². The van der Waals surface area contributed by atoms with Crippen molar-refractivity contribution in [1.82, 2.24) is 15.0 Å². The molecule has 0 aliphatic carbocycles. The van der Waals surface area contributed by atoms with Gasteiger partial charge in [-0.1, -0.05) is 6.07 Å². The zero-order valence-electron chi connectivity index (χ0n) is 9.72. The van der Waals surface area contributed by atoms with Crippen LogP contribution in [-0.2, 0) is 5.88 Å². The van der Waals surface area contributed by atoms with Crippen LogP contribution < -0.4 is 0 Å². The fourth-order valence-electron chi connectivity index (χ4n) is 1.85. The smallest absolute Gasteiger partial charge is 0.181 e. The van der Waals surface area contributed by atoms with Gasteiger partial charge in [-0.2, -0.15) is 0 Å². The summed E-state index contributed by atoms with van der Waals surface area (Å²) >= 11 is 5.78. The number of oxazole rings is 1. The van der Waals surface area contributed by atoms with Crippen molar-refractivity contribution in [3.05, 3.63) is 42.2 Å². The second kappa shape index (κ2) is 4.38. The third-order valence-corrected chi connectivity index (χ3v) is 2.89. The molecule has 0 spiro atoms. The normalized spacial score (nSPS) is 11.0. The van der Waals surface area contributed by atoms with Gasteiger partial charge in [-0.15, -0.1) is 11.6 Å². The first-order valence-corrected chi connectivity index (χ1v) is 6.04. The van der Waals surface area contributed by atoms with Crippen molar-refractivity contribution in [2.75, 3.05) is 0 Å². The molecule has 0 bridgehead atoms. The standard InChI is InChI=1S/C13H10ClN3O/c1-8-4-11(17-13(6-14)16-8)9-2-3-10-12(5-9)18-7-15-10/h2-5,7H,6H2,1H3. The fraction of sp³-hybridized carbons (Fsp3) is 0.154. The Morgan fingerprint density at radius 3 is 2.94 bits per heavy atom. The van der Waals surface area contributed by atoms with Crippen LogP contribution in [0, 0.1) is 6.92 Å². The molecule has 1 aromatic carbocycles. The molecule has 3 aromatic rings. The monoisotopic (exact) mass is 259 g/mol. The molecule has 2 heterocycles. The molecular weight excluding hydrogens is 250 g/mol. The van der Waals surface area contributed by atoms with Gasteiger partial charge >= 0.3 is 0 Å². The third kappa shape index (κ3) is 1.95. The predicted molar refractivity (Wildman–Crippen MR) is 69.3 cm³/mol. The predicted octanol–water partition coefficient (Wildman–Crippen LogP) is 3.33. The minimum Gasteiger partial charge on any atom is -0.443 e. The molecule has 0 amide bonds. The Labute approximate surface area is 109 Å². The highest BCUT2D eigenvalue weighted by molar-refractivity contribution is 6.16. The molecule has 5 heteroatoms. The third-order valence-electron chi connectivity index (χ3n) is 2.65. The molecular formula is C13H10ClN3O. The van der Waals surface area contributed by atoms with E-state index >= 15 is 0 Å². The topological polar surface area (TPSA) is 51.8 Å². The van der Waals surface area contributed by atoms with Gasteiger partial charge in [0.1, 0.15) is 11.3 Å². The average Bonchev–Trinajstić information content (AvgIpc) is 2.85. The number of hydrogen-bond acceptors (Lipinski definition) is 4. The maximum Gasteiger partial charge on any atom is 0.181 e. The number of halogens is 1. The molecule has 0 saturated heterocycles. The van der Waals surface area contributed by atoms with Crippen molar-refractivity contribution in [2.24, 2.45) is 0 Å². The van der Waals surface area contributed by atoms with Crippen LogP contribution >= 0.6 is 11.6 Å². The van der Waals surface area contributed by atoms with Crippen LogP contribution in [0.3, 0.4) is 0 Å². The van der Waals surface area contributed by atoms with Gasteiger partial charge in [-0.05, 0) is 25.1 Å². The van der Waals surface area contributed by atoms with E-state index in [4.69, 9.17) is 16.0 Å². The lowest BCUT2D eigenvalue weighted by atomic mass is 10.1. The Morgan fingerprint density at radius 2 is 2.11 bits per heavy atom. The number of benzene rings is 1. The lowest BCUT2D eigenvalue weighted by Gasteiger charge is -2.04. The van der Waals surface area contributed by atoms with E-state index in [1.165, 1.54) is 6.39 Å². The van der Waals surface area contributed by atoms with Crippen LogP contribution in [0.5, 0.6) is 0 Å². The fourth-order valence-corrected chi connectivity index (χ4v) is 1.97. The molecule has 90 valence electrons. The van der Waals surface area contributed by atoms with Gasteiger partial charge in [0, 0.05) is 11.3 Å². The van der Waals surface area contributed by atoms with Gasteiger partial charge in [0.05, 0.1) is 11.6 Å². The van der Waals surface area contributed by atoms with Gasteiger partial charge in [0.15, 0.2) is 12.0 Å². The molecule has 0 radical (unpaired) electrons. The van der Waals surface area contributed by atoms with E-state index in [-0.39, 0.29) is 0 Å². The number of nitrogens with zero attached hydrogens (tertiary/aromatic N) is 3. The van der Waals surface area contributed by atoms with Crippen LogP contribution in [0.4, 0.5) is 0 Å². The summed E-state index contributed by atoms with van der Waals surface area (Å²) in [6.45, 7) is 1.92. The molecule has 4 nitrogen and oxygen atoms in total. The van der Waals surface area contributed by atoms with Gasteiger partial charge in [-0.3, -0.25) is 0 Å². The van der Waals surface area contributed by atoms with Crippen LogP contribution in [0.25, 0.3) is 22.4 Å². The van der Waals surface area contributed by atoms with E-state index in [0.29, 0.717) is 11.7 Å². The molecule has 3 rings (SSSR count). The largest absolute Gasteiger partial charge is 0.443 e.